The molecular weight excluding hydrogens is 494 g/mol. The van der Waals surface area contributed by atoms with Gasteiger partial charge < -0.3 is 15.7 Å². The Bertz CT molecular complexity index is 1440. The van der Waals surface area contributed by atoms with Gasteiger partial charge in [0.15, 0.2) is 9.84 Å². The lowest BCUT2D eigenvalue weighted by atomic mass is 10.1. The van der Waals surface area contributed by atoms with E-state index in [0.717, 1.165) is 18.7 Å². The van der Waals surface area contributed by atoms with Crippen LogP contribution in [-0.4, -0.2) is 56.9 Å². The smallest absolute Gasteiger partial charge is 0.270 e. The molecule has 1 amide bonds. The van der Waals surface area contributed by atoms with Gasteiger partial charge in [-0.15, -0.1) is 0 Å². The third kappa shape index (κ3) is 6.97. The number of carbonyl (C=O) groups is 1. The van der Waals surface area contributed by atoms with Crippen LogP contribution in [-0.2, 0) is 19.9 Å². The van der Waals surface area contributed by atoms with Gasteiger partial charge in [-0.3, -0.25) is 4.79 Å². The molecule has 11 nitrogen and oxygen atoms in total. The number of aryl methyl sites for hydroxylation is 1. The molecule has 4 N–H and O–H groups in total. The Hall–Kier alpha value is -3.55. The first-order valence-electron chi connectivity index (χ1n) is 10.3. The molecule has 186 valence electrons. The summed E-state index contributed by atoms with van der Waals surface area (Å²) in [4.78, 5) is 21.2. The van der Waals surface area contributed by atoms with Crippen LogP contribution in [0.2, 0.25) is 0 Å². The molecule has 0 saturated heterocycles. The van der Waals surface area contributed by atoms with Crippen molar-refractivity contribution in [3.05, 3.63) is 71.4 Å². The Morgan fingerprint density at radius 2 is 1.74 bits per heavy atom. The van der Waals surface area contributed by atoms with Crippen molar-refractivity contribution >= 4 is 43.2 Å². The predicted octanol–water partition coefficient (Wildman–Crippen LogP) is 1.77. The minimum Gasteiger partial charge on any atom is -0.394 e. The monoisotopic (exact) mass is 519 g/mol. The quantitative estimate of drug-likeness (QED) is 0.327. The van der Waals surface area contributed by atoms with E-state index in [1.165, 1.54) is 6.07 Å². The van der Waals surface area contributed by atoms with Gasteiger partial charge in [0.2, 0.25) is 16.0 Å². The summed E-state index contributed by atoms with van der Waals surface area (Å²) in [5.74, 6) is -0.907. The Balaban J connectivity index is 1.98. The number of rotatable bonds is 9. The van der Waals surface area contributed by atoms with Crippen molar-refractivity contribution < 1.29 is 26.7 Å². The summed E-state index contributed by atoms with van der Waals surface area (Å²) in [7, 11) is -7.24. The molecule has 0 aliphatic rings. The van der Waals surface area contributed by atoms with Crippen molar-refractivity contribution in [2.24, 2.45) is 0 Å². The summed E-state index contributed by atoms with van der Waals surface area (Å²) in [5, 5.41) is 15.8. The van der Waals surface area contributed by atoms with Crippen LogP contribution in [0, 0.1) is 6.92 Å². The normalized spacial score (nSPS) is 12.6. The van der Waals surface area contributed by atoms with Crippen LogP contribution in [0.1, 0.15) is 27.5 Å². The molecule has 0 spiro atoms. The fraction of sp³-hybridized carbons (Fsp3) is 0.227. The SMILES string of the molecule is Cc1cc(Nc2ncc(C(=O)NS(C)(=O)=O)c(N[C@H](CO)c3ccccc3)n2)ccc1S(C)(=O)=O. The predicted molar refractivity (Wildman–Crippen MR) is 132 cm³/mol. The molecule has 1 aromatic heterocycles. The molecule has 1 heterocycles. The van der Waals surface area contributed by atoms with Crippen molar-refractivity contribution in [2.75, 3.05) is 29.8 Å². The number of hydrogen-bond donors (Lipinski definition) is 4. The molecule has 3 aromatic rings. The molecule has 0 saturated carbocycles. The van der Waals surface area contributed by atoms with E-state index < -0.39 is 31.8 Å². The summed E-state index contributed by atoms with van der Waals surface area (Å²) in [6.07, 6.45) is 3.11. The number of aromatic nitrogens is 2. The molecule has 0 bridgehead atoms. The summed E-state index contributed by atoms with van der Waals surface area (Å²) in [5.41, 5.74) is 1.57. The Morgan fingerprint density at radius 3 is 2.31 bits per heavy atom. The topological polar surface area (TPSA) is 167 Å². The maximum atomic E-state index is 12.6. The van der Waals surface area contributed by atoms with Crippen LogP contribution in [0.15, 0.2) is 59.6 Å². The standard InChI is InChI=1S/C22H25N5O6S2/c1-14-11-16(9-10-19(14)34(2,30)31)24-22-23-12-17(21(29)27-35(3,32)33)20(26-22)25-18(13-28)15-7-5-4-6-8-15/h4-12,18,28H,13H2,1-3H3,(H,27,29)(H2,23,24,25,26)/t18-/m1/s1. The minimum atomic E-state index is -3.85. The Labute approximate surface area is 203 Å². The first-order valence-corrected chi connectivity index (χ1v) is 14.0. The second-order valence-corrected chi connectivity index (χ2v) is 11.6. The van der Waals surface area contributed by atoms with Gasteiger partial charge in [0, 0.05) is 18.1 Å². The molecule has 1 atom stereocenters. The molecule has 0 aliphatic carbocycles. The number of benzene rings is 2. The highest BCUT2D eigenvalue weighted by Gasteiger charge is 2.21. The van der Waals surface area contributed by atoms with Gasteiger partial charge in [-0.05, 0) is 36.2 Å². The molecule has 0 fully saturated rings. The van der Waals surface area contributed by atoms with E-state index in [4.69, 9.17) is 0 Å². The van der Waals surface area contributed by atoms with Crippen molar-refractivity contribution in [1.82, 2.24) is 14.7 Å². The first kappa shape index (κ1) is 26.1. The fourth-order valence-electron chi connectivity index (χ4n) is 3.30. The number of sulfone groups is 1. The molecule has 35 heavy (non-hydrogen) atoms. The minimum absolute atomic E-state index is 0.0176. The van der Waals surface area contributed by atoms with Crippen LogP contribution >= 0.6 is 0 Å². The number of sulfonamides is 1. The largest absolute Gasteiger partial charge is 0.394 e. The number of anilines is 3. The summed E-state index contributed by atoms with van der Waals surface area (Å²) >= 11 is 0. The number of hydrogen-bond acceptors (Lipinski definition) is 10. The van der Waals surface area contributed by atoms with E-state index >= 15 is 0 Å². The zero-order chi connectivity index (χ0) is 25.8. The van der Waals surface area contributed by atoms with E-state index in [9.17, 15) is 26.7 Å². The maximum Gasteiger partial charge on any atom is 0.270 e. The van der Waals surface area contributed by atoms with Gasteiger partial charge in [-0.2, -0.15) is 4.98 Å². The Kier molecular flexibility index (Phi) is 7.73. The van der Waals surface area contributed by atoms with Crippen molar-refractivity contribution in [1.29, 1.82) is 0 Å². The highest BCUT2D eigenvalue weighted by Crippen LogP contribution is 2.25. The van der Waals surface area contributed by atoms with E-state index in [-0.39, 0.29) is 28.8 Å². The highest BCUT2D eigenvalue weighted by atomic mass is 32.2. The molecule has 2 aromatic carbocycles. The van der Waals surface area contributed by atoms with Gasteiger partial charge in [0.05, 0.1) is 23.8 Å². The van der Waals surface area contributed by atoms with Crippen LogP contribution < -0.4 is 15.4 Å². The van der Waals surface area contributed by atoms with E-state index in [0.29, 0.717) is 16.8 Å². The molecule has 0 aliphatic heterocycles. The summed E-state index contributed by atoms with van der Waals surface area (Å²) < 4.78 is 48.8. The summed E-state index contributed by atoms with van der Waals surface area (Å²) in [6.45, 7) is 1.32. The average Bonchev–Trinajstić information content (AvgIpc) is 2.76. The zero-order valence-corrected chi connectivity index (χ0v) is 20.8. The number of amides is 1. The summed E-state index contributed by atoms with van der Waals surface area (Å²) in [6, 6.07) is 12.9. The van der Waals surface area contributed by atoms with Gasteiger partial charge >= 0.3 is 0 Å². The van der Waals surface area contributed by atoms with Crippen molar-refractivity contribution in [3.8, 4) is 0 Å². The molecule has 3 rings (SSSR count). The van der Waals surface area contributed by atoms with Gasteiger partial charge in [-0.1, -0.05) is 30.3 Å². The van der Waals surface area contributed by atoms with Crippen LogP contribution in [0.3, 0.4) is 0 Å². The lowest BCUT2D eigenvalue weighted by Crippen LogP contribution is -2.31. The van der Waals surface area contributed by atoms with Crippen LogP contribution in [0.4, 0.5) is 17.5 Å². The second-order valence-electron chi connectivity index (χ2n) is 7.83. The first-order chi connectivity index (χ1) is 16.4. The van der Waals surface area contributed by atoms with Gasteiger partial charge in [0.1, 0.15) is 11.4 Å². The number of nitrogens with zero attached hydrogens (tertiary/aromatic N) is 2. The third-order valence-corrected chi connectivity index (χ3v) is 6.65. The number of carbonyl (C=O) groups excluding carboxylic acids is 1. The fourth-order valence-corrected chi connectivity index (χ4v) is 4.70. The molecular formula is C22H25N5O6S2. The zero-order valence-electron chi connectivity index (χ0n) is 19.2. The highest BCUT2D eigenvalue weighted by molar-refractivity contribution is 7.90. The molecule has 0 radical (unpaired) electrons. The van der Waals surface area contributed by atoms with Gasteiger partial charge in [0.25, 0.3) is 5.91 Å². The second kappa shape index (κ2) is 10.4. The number of nitrogens with one attached hydrogen (secondary N) is 3. The van der Waals surface area contributed by atoms with E-state index in [2.05, 4.69) is 20.6 Å². The molecule has 13 heteroatoms. The average molecular weight is 520 g/mol. The number of aliphatic hydroxyl groups excluding tert-OH is 1. The van der Waals surface area contributed by atoms with Crippen molar-refractivity contribution in [2.45, 2.75) is 17.9 Å². The molecule has 0 unspecified atom stereocenters. The van der Waals surface area contributed by atoms with Crippen LogP contribution in [0.5, 0.6) is 0 Å². The van der Waals surface area contributed by atoms with Crippen molar-refractivity contribution in [3.63, 3.8) is 0 Å². The maximum absolute atomic E-state index is 12.6. The van der Waals surface area contributed by atoms with E-state index in [1.54, 1.807) is 43.3 Å². The Morgan fingerprint density at radius 1 is 1.06 bits per heavy atom. The third-order valence-electron chi connectivity index (χ3n) is 4.84. The van der Waals surface area contributed by atoms with Gasteiger partial charge in [-0.25, -0.2) is 26.5 Å². The van der Waals surface area contributed by atoms with E-state index in [1.807, 2.05) is 10.8 Å². The van der Waals surface area contributed by atoms with Crippen LogP contribution in [0.25, 0.3) is 0 Å². The lowest BCUT2D eigenvalue weighted by molar-refractivity contribution is 0.0981. The lowest BCUT2D eigenvalue weighted by Gasteiger charge is -2.20. The number of aliphatic hydroxyl groups is 1.